The summed E-state index contributed by atoms with van der Waals surface area (Å²) in [6.45, 7) is 7.36. The van der Waals surface area contributed by atoms with Gasteiger partial charge in [-0.15, -0.1) is 0 Å². The number of aryl methyl sites for hydroxylation is 1. The van der Waals surface area contributed by atoms with Gasteiger partial charge in [-0.1, -0.05) is 24.9 Å². The van der Waals surface area contributed by atoms with E-state index in [-0.39, 0.29) is 18.6 Å². The number of carbonyl (C=O) groups excluding carboxylic acids is 2. The largest absolute Gasteiger partial charge is 0.495 e. The van der Waals surface area contributed by atoms with E-state index in [0.29, 0.717) is 22.0 Å². The molecule has 1 atom stereocenters. The minimum absolute atomic E-state index is 0.0524. The number of halogens is 1. The fourth-order valence-electron chi connectivity index (χ4n) is 3.21. The molecule has 0 saturated carbocycles. The molecule has 1 aromatic heterocycles. The van der Waals surface area contributed by atoms with Crippen LogP contribution in [0.3, 0.4) is 0 Å². The molecule has 152 valence electrons. The van der Waals surface area contributed by atoms with Crippen LogP contribution in [0, 0.1) is 13.8 Å². The van der Waals surface area contributed by atoms with E-state index >= 15 is 0 Å². The molecule has 1 N–H and O–H groups in total. The van der Waals surface area contributed by atoms with Gasteiger partial charge >= 0.3 is 5.97 Å². The van der Waals surface area contributed by atoms with E-state index in [0.717, 1.165) is 24.2 Å². The van der Waals surface area contributed by atoms with Crippen molar-refractivity contribution >= 4 is 23.5 Å². The number of nitrogens with one attached hydrogen (secondary N) is 1. The molecule has 1 amide bonds. The van der Waals surface area contributed by atoms with Crippen LogP contribution in [0.5, 0.6) is 5.75 Å². The SMILES string of the molecule is CCC[C@@H](C)NC(=O)COC(=O)c1cc(C)n(-c2cc(Cl)ccc2OC)c1C. The molecule has 1 heterocycles. The van der Waals surface area contributed by atoms with Gasteiger partial charge in [-0.2, -0.15) is 0 Å². The Morgan fingerprint density at radius 1 is 1.25 bits per heavy atom. The lowest BCUT2D eigenvalue weighted by molar-refractivity contribution is -0.124. The topological polar surface area (TPSA) is 69.6 Å². The van der Waals surface area contributed by atoms with E-state index in [4.69, 9.17) is 21.1 Å². The fraction of sp³-hybridized carbons (Fsp3) is 0.429. The number of amides is 1. The van der Waals surface area contributed by atoms with E-state index in [2.05, 4.69) is 5.32 Å². The Bertz CT molecular complexity index is 860. The average Bonchev–Trinajstić information content (AvgIpc) is 2.94. The number of methoxy groups -OCH3 is 1. The molecule has 0 aliphatic heterocycles. The zero-order chi connectivity index (χ0) is 20.8. The Labute approximate surface area is 170 Å². The van der Waals surface area contributed by atoms with Gasteiger partial charge in [0, 0.05) is 22.5 Å². The van der Waals surface area contributed by atoms with Crippen LogP contribution in [0.25, 0.3) is 5.69 Å². The lowest BCUT2D eigenvalue weighted by Gasteiger charge is -2.14. The highest BCUT2D eigenvalue weighted by Gasteiger charge is 2.21. The number of benzene rings is 1. The third kappa shape index (κ3) is 5.07. The average molecular weight is 407 g/mol. The van der Waals surface area contributed by atoms with E-state index in [1.165, 1.54) is 0 Å². The number of aromatic nitrogens is 1. The molecule has 7 heteroatoms. The third-order valence-electron chi connectivity index (χ3n) is 4.50. The summed E-state index contributed by atoms with van der Waals surface area (Å²) in [4.78, 5) is 24.5. The molecular weight excluding hydrogens is 380 g/mol. The maximum Gasteiger partial charge on any atom is 0.340 e. The summed E-state index contributed by atoms with van der Waals surface area (Å²) in [5.74, 6) is -0.214. The van der Waals surface area contributed by atoms with Crippen molar-refractivity contribution in [2.24, 2.45) is 0 Å². The van der Waals surface area contributed by atoms with E-state index in [1.807, 2.05) is 32.3 Å². The molecular formula is C21H27ClN2O4. The zero-order valence-corrected chi connectivity index (χ0v) is 17.7. The van der Waals surface area contributed by atoms with Gasteiger partial charge < -0.3 is 19.4 Å². The summed E-state index contributed by atoms with van der Waals surface area (Å²) in [5.41, 5.74) is 2.64. The second-order valence-electron chi connectivity index (χ2n) is 6.77. The lowest BCUT2D eigenvalue weighted by atomic mass is 10.2. The second-order valence-corrected chi connectivity index (χ2v) is 7.21. The summed E-state index contributed by atoms with van der Waals surface area (Å²) in [6, 6.07) is 7.08. The molecule has 0 bridgehead atoms. The monoisotopic (exact) mass is 406 g/mol. The van der Waals surface area contributed by atoms with Crippen molar-refractivity contribution in [3.8, 4) is 11.4 Å². The predicted octanol–water partition coefficient (Wildman–Crippen LogP) is 4.22. The van der Waals surface area contributed by atoms with Crippen molar-refractivity contribution in [3.05, 3.63) is 46.2 Å². The van der Waals surface area contributed by atoms with Gasteiger partial charge in [0.2, 0.25) is 0 Å². The summed E-state index contributed by atoms with van der Waals surface area (Å²) in [6.07, 6.45) is 1.85. The van der Waals surface area contributed by atoms with Gasteiger partial charge in [0.1, 0.15) is 5.75 Å². The minimum Gasteiger partial charge on any atom is -0.495 e. The zero-order valence-electron chi connectivity index (χ0n) is 17.0. The number of hydrogen-bond acceptors (Lipinski definition) is 4. The molecule has 0 spiro atoms. The van der Waals surface area contributed by atoms with E-state index in [9.17, 15) is 9.59 Å². The summed E-state index contributed by atoms with van der Waals surface area (Å²) in [7, 11) is 1.58. The first kappa shape index (κ1) is 21.8. The van der Waals surface area contributed by atoms with E-state index < -0.39 is 5.97 Å². The quantitative estimate of drug-likeness (QED) is 0.666. The van der Waals surface area contributed by atoms with Gasteiger partial charge in [0.25, 0.3) is 5.91 Å². The molecule has 6 nitrogen and oxygen atoms in total. The van der Waals surface area contributed by atoms with Gasteiger partial charge in [0.15, 0.2) is 6.61 Å². The standard InChI is InChI=1S/C21H27ClN2O4/c1-6-7-13(2)23-20(25)12-28-21(26)17-10-14(3)24(15(17)4)18-11-16(22)8-9-19(18)27-5/h8-11,13H,6-7,12H2,1-5H3,(H,23,25)/t13-/m1/s1. The summed E-state index contributed by atoms with van der Waals surface area (Å²) < 4.78 is 12.5. The number of nitrogens with zero attached hydrogens (tertiary/aromatic N) is 1. The van der Waals surface area contributed by atoms with Crippen molar-refractivity contribution < 1.29 is 19.1 Å². The molecule has 0 saturated heterocycles. The number of carbonyl (C=O) groups is 2. The maximum absolute atomic E-state index is 12.5. The Morgan fingerprint density at radius 3 is 2.61 bits per heavy atom. The number of hydrogen-bond donors (Lipinski definition) is 1. The molecule has 2 rings (SSSR count). The molecule has 0 radical (unpaired) electrons. The molecule has 0 aliphatic carbocycles. The van der Waals surface area contributed by atoms with Crippen LogP contribution in [0.1, 0.15) is 48.4 Å². The number of rotatable bonds is 8. The molecule has 0 unspecified atom stereocenters. The van der Waals surface area contributed by atoms with Gasteiger partial charge in [-0.25, -0.2) is 4.79 Å². The highest BCUT2D eigenvalue weighted by atomic mass is 35.5. The summed E-state index contributed by atoms with van der Waals surface area (Å²) in [5, 5.41) is 3.37. The highest BCUT2D eigenvalue weighted by Crippen LogP contribution is 2.30. The molecule has 0 aliphatic rings. The lowest BCUT2D eigenvalue weighted by Crippen LogP contribution is -2.35. The molecule has 1 aromatic carbocycles. The smallest absolute Gasteiger partial charge is 0.340 e. The van der Waals surface area contributed by atoms with Crippen molar-refractivity contribution in [1.29, 1.82) is 0 Å². The van der Waals surface area contributed by atoms with Crippen molar-refractivity contribution in [2.75, 3.05) is 13.7 Å². The van der Waals surface area contributed by atoms with Crippen molar-refractivity contribution in [2.45, 2.75) is 46.6 Å². The maximum atomic E-state index is 12.5. The van der Waals surface area contributed by atoms with E-state index in [1.54, 1.807) is 31.4 Å². The van der Waals surface area contributed by atoms with Crippen LogP contribution in [0.15, 0.2) is 24.3 Å². The van der Waals surface area contributed by atoms with Crippen LogP contribution < -0.4 is 10.1 Å². The van der Waals surface area contributed by atoms with Gasteiger partial charge in [-0.3, -0.25) is 4.79 Å². The van der Waals surface area contributed by atoms with Crippen LogP contribution in [0.2, 0.25) is 5.02 Å². The first-order chi connectivity index (χ1) is 13.3. The van der Waals surface area contributed by atoms with Crippen LogP contribution in [-0.4, -0.2) is 36.2 Å². The third-order valence-corrected chi connectivity index (χ3v) is 4.73. The van der Waals surface area contributed by atoms with Gasteiger partial charge in [-0.05, 0) is 51.5 Å². The Hall–Kier alpha value is -2.47. The molecule has 28 heavy (non-hydrogen) atoms. The van der Waals surface area contributed by atoms with Gasteiger partial charge in [0.05, 0.1) is 18.4 Å². The van der Waals surface area contributed by atoms with Crippen LogP contribution in [-0.2, 0) is 9.53 Å². The van der Waals surface area contributed by atoms with Crippen LogP contribution >= 0.6 is 11.6 Å². The van der Waals surface area contributed by atoms with Crippen molar-refractivity contribution in [1.82, 2.24) is 9.88 Å². The first-order valence-corrected chi connectivity index (χ1v) is 9.65. The second kappa shape index (κ2) is 9.64. The number of ether oxygens (including phenoxy) is 2. The highest BCUT2D eigenvalue weighted by molar-refractivity contribution is 6.30. The molecule has 0 fully saturated rings. The fourth-order valence-corrected chi connectivity index (χ4v) is 3.37. The minimum atomic E-state index is -0.543. The Balaban J connectivity index is 2.18. The first-order valence-electron chi connectivity index (χ1n) is 9.27. The molecule has 2 aromatic rings. The summed E-state index contributed by atoms with van der Waals surface area (Å²) >= 11 is 6.14. The van der Waals surface area contributed by atoms with Crippen molar-refractivity contribution in [3.63, 3.8) is 0 Å². The van der Waals surface area contributed by atoms with Crippen LogP contribution in [0.4, 0.5) is 0 Å². The Morgan fingerprint density at radius 2 is 1.96 bits per heavy atom. The normalized spacial score (nSPS) is 11.8. The Kier molecular flexibility index (Phi) is 7.52. The number of esters is 1. The predicted molar refractivity (Wildman–Crippen MR) is 110 cm³/mol.